The lowest BCUT2D eigenvalue weighted by Gasteiger charge is -2.14. The fourth-order valence-corrected chi connectivity index (χ4v) is 3.71. The maximum absolute atomic E-state index is 11.7. The Kier molecular flexibility index (Phi) is 7.72. The Balaban J connectivity index is 1.93. The molecule has 0 unspecified atom stereocenters. The van der Waals surface area contributed by atoms with Crippen LogP contribution in [-0.2, 0) is 14.8 Å². The second kappa shape index (κ2) is 10.5. The number of anilines is 2. The van der Waals surface area contributed by atoms with Crippen molar-refractivity contribution in [1.82, 2.24) is 25.1 Å². The lowest BCUT2D eigenvalue weighted by atomic mass is 10.1. The topological polar surface area (TPSA) is 140 Å². The quantitative estimate of drug-likeness (QED) is 0.418. The number of aromatic nitrogens is 4. The molecule has 12 heteroatoms. The summed E-state index contributed by atoms with van der Waals surface area (Å²) in [6.45, 7) is 6.27. The molecule has 3 N–H and O–H groups in total. The fourth-order valence-electron chi connectivity index (χ4n) is 3.15. The van der Waals surface area contributed by atoms with Crippen molar-refractivity contribution in [2.45, 2.75) is 32.9 Å². The molecule has 0 aliphatic rings. The van der Waals surface area contributed by atoms with Crippen LogP contribution in [0.4, 0.5) is 16.4 Å². The van der Waals surface area contributed by atoms with Crippen LogP contribution in [0.1, 0.15) is 26.8 Å². The molecule has 0 bridgehead atoms. The van der Waals surface area contributed by atoms with E-state index in [9.17, 15) is 13.2 Å². The molecule has 0 spiro atoms. The third kappa shape index (κ3) is 6.67. The van der Waals surface area contributed by atoms with Gasteiger partial charge < -0.3 is 15.4 Å². The van der Waals surface area contributed by atoms with Crippen LogP contribution in [0.5, 0.6) is 0 Å². The Bertz CT molecular complexity index is 1260. The van der Waals surface area contributed by atoms with Crippen molar-refractivity contribution in [3.8, 4) is 22.5 Å². The van der Waals surface area contributed by atoms with E-state index in [1.165, 1.54) is 7.11 Å². The predicted octanol–water partition coefficient (Wildman–Crippen LogP) is 3.12. The minimum atomic E-state index is -3.41. The van der Waals surface area contributed by atoms with E-state index >= 15 is 0 Å². The summed E-state index contributed by atoms with van der Waals surface area (Å²) < 4.78 is 32.3. The second-order valence-corrected chi connectivity index (χ2v) is 9.85. The van der Waals surface area contributed by atoms with E-state index in [-0.39, 0.29) is 12.1 Å². The Morgan fingerprint density at radius 3 is 2.65 bits per heavy atom. The number of benzene rings is 1. The second-order valence-electron chi connectivity index (χ2n) is 8.10. The summed E-state index contributed by atoms with van der Waals surface area (Å²) in [4.78, 5) is 20.3. The van der Waals surface area contributed by atoms with E-state index in [4.69, 9.17) is 5.10 Å². The monoisotopic (exact) mass is 487 g/mol. The first-order chi connectivity index (χ1) is 16.1. The number of carbonyl (C=O) groups excluding carboxylic acids is 1. The highest BCUT2D eigenvalue weighted by Gasteiger charge is 2.17. The number of hydrogen-bond donors (Lipinski definition) is 3. The average molecular weight is 488 g/mol. The molecular weight excluding hydrogens is 458 g/mol. The lowest BCUT2D eigenvalue weighted by molar-refractivity contribution is 0.168. The molecule has 11 nitrogen and oxygen atoms in total. The fraction of sp³-hybridized carbons (Fsp3) is 0.364. The first-order valence-electron chi connectivity index (χ1n) is 10.6. The van der Waals surface area contributed by atoms with Gasteiger partial charge in [0.15, 0.2) is 0 Å². The predicted molar refractivity (Wildman–Crippen MR) is 131 cm³/mol. The molecule has 1 amide bonds. The van der Waals surface area contributed by atoms with Crippen LogP contribution in [-0.4, -0.2) is 60.2 Å². The number of methoxy groups -OCH3 is 1. The minimum Gasteiger partial charge on any atom is -0.453 e. The van der Waals surface area contributed by atoms with Crippen LogP contribution in [0.15, 0.2) is 42.7 Å². The molecule has 1 aromatic carbocycles. The number of amides is 1. The Morgan fingerprint density at radius 2 is 1.97 bits per heavy atom. The highest BCUT2D eigenvalue weighted by Crippen LogP contribution is 2.32. The van der Waals surface area contributed by atoms with Crippen LogP contribution in [0.3, 0.4) is 0 Å². The van der Waals surface area contributed by atoms with Gasteiger partial charge in [0.25, 0.3) is 0 Å². The smallest absolute Gasteiger partial charge is 0.407 e. The molecule has 3 rings (SSSR count). The number of nitrogens with zero attached hydrogens (tertiary/aromatic N) is 4. The zero-order chi connectivity index (χ0) is 24.9. The zero-order valence-corrected chi connectivity index (χ0v) is 20.5. The van der Waals surface area contributed by atoms with Crippen molar-refractivity contribution in [2.24, 2.45) is 0 Å². The van der Waals surface area contributed by atoms with Gasteiger partial charge in [0.05, 0.1) is 19.1 Å². The average Bonchev–Trinajstić information content (AvgIpc) is 3.23. The molecule has 2 heterocycles. The third-order valence-electron chi connectivity index (χ3n) is 4.75. The largest absolute Gasteiger partial charge is 0.453 e. The number of alkyl carbamates (subject to hydrolysis) is 1. The number of ether oxygens (including phenoxy) is 1. The molecule has 0 aliphatic carbocycles. The summed E-state index contributed by atoms with van der Waals surface area (Å²) in [5.41, 5.74) is 3.27. The normalized spacial score (nSPS) is 12.3. The van der Waals surface area contributed by atoms with Gasteiger partial charge in [0.1, 0.15) is 5.69 Å². The molecule has 0 fully saturated rings. The van der Waals surface area contributed by atoms with Crippen LogP contribution >= 0.6 is 0 Å². The number of sulfonamides is 1. The van der Waals surface area contributed by atoms with Gasteiger partial charge in [-0.1, -0.05) is 12.1 Å². The zero-order valence-electron chi connectivity index (χ0n) is 19.7. The number of rotatable bonds is 9. The first kappa shape index (κ1) is 25.0. The van der Waals surface area contributed by atoms with Gasteiger partial charge in [-0.25, -0.2) is 23.2 Å². The molecule has 3 aromatic rings. The standard InChI is InChI=1S/C22H29N7O4S/c1-14(2)29-13-18(20(27-29)16-7-6-8-17(11-16)28-34(5,31)32)19-9-10-23-21(26-19)24-12-15(3)25-22(30)33-4/h6-11,13-15,28H,12H2,1-5H3,(H,25,30)(H,23,24,26)/t15-/m0/s1. The van der Waals surface area contributed by atoms with Crippen LogP contribution in [0.2, 0.25) is 0 Å². The highest BCUT2D eigenvalue weighted by atomic mass is 32.2. The van der Waals surface area contributed by atoms with Crippen molar-refractivity contribution in [2.75, 3.05) is 29.9 Å². The molecule has 1 atom stereocenters. The van der Waals surface area contributed by atoms with Gasteiger partial charge in [-0.3, -0.25) is 9.40 Å². The van der Waals surface area contributed by atoms with Crippen LogP contribution in [0, 0.1) is 0 Å². The summed E-state index contributed by atoms with van der Waals surface area (Å²) >= 11 is 0. The number of hydrogen-bond acceptors (Lipinski definition) is 8. The summed E-state index contributed by atoms with van der Waals surface area (Å²) in [6, 6.07) is 8.73. The van der Waals surface area contributed by atoms with Crippen LogP contribution in [0.25, 0.3) is 22.5 Å². The van der Waals surface area contributed by atoms with E-state index in [1.807, 2.05) is 37.7 Å². The Hall–Kier alpha value is -3.67. The van der Waals surface area contributed by atoms with Gasteiger partial charge >= 0.3 is 6.09 Å². The minimum absolute atomic E-state index is 0.106. The van der Waals surface area contributed by atoms with E-state index in [0.29, 0.717) is 29.6 Å². The maximum Gasteiger partial charge on any atom is 0.407 e. The molecule has 34 heavy (non-hydrogen) atoms. The van der Waals surface area contributed by atoms with Gasteiger partial charge in [-0.2, -0.15) is 5.10 Å². The van der Waals surface area contributed by atoms with Crippen molar-refractivity contribution in [1.29, 1.82) is 0 Å². The van der Waals surface area contributed by atoms with Gasteiger partial charge in [0.2, 0.25) is 16.0 Å². The van der Waals surface area contributed by atoms with E-state index in [2.05, 4.69) is 30.1 Å². The molecule has 0 saturated heterocycles. The highest BCUT2D eigenvalue weighted by molar-refractivity contribution is 7.92. The van der Waals surface area contributed by atoms with Crippen molar-refractivity contribution in [3.05, 3.63) is 42.7 Å². The van der Waals surface area contributed by atoms with Crippen molar-refractivity contribution < 1.29 is 17.9 Å². The summed E-state index contributed by atoms with van der Waals surface area (Å²) in [6.07, 6.45) is 4.14. The molecule has 0 radical (unpaired) electrons. The van der Waals surface area contributed by atoms with Crippen molar-refractivity contribution in [3.63, 3.8) is 0 Å². The van der Waals surface area contributed by atoms with E-state index < -0.39 is 16.1 Å². The summed E-state index contributed by atoms with van der Waals surface area (Å²) in [5, 5.41) is 10.5. The van der Waals surface area contributed by atoms with Gasteiger partial charge in [0, 0.05) is 47.8 Å². The summed E-state index contributed by atoms with van der Waals surface area (Å²) in [7, 11) is -2.10. The lowest BCUT2D eigenvalue weighted by Crippen LogP contribution is -2.37. The van der Waals surface area contributed by atoms with E-state index in [0.717, 1.165) is 17.4 Å². The Morgan fingerprint density at radius 1 is 1.21 bits per heavy atom. The maximum atomic E-state index is 11.7. The SMILES string of the molecule is COC(=O)N[C@@H](C)CNc1nccc(-c2cn(C(C)C)nc2-c2cccc(NS(C)(=O)=O)c2)n1. The molecule has 0 saturated carbocycles. The number of nitrogens with one attached hydrogen (secondary N) is 3. The third-order valence-corrected chi connectivity index (χ3v) is 5.35. The number of carbonyl (C=O) groups is 1. The van der Waals surface area contributed by atoms with Crippen molar-refractivity contribution >= 4 is 27.8 Å². The first-order valence-corrected chi connectivity index (χ1v) is 12.5. The van der Waals surface area contributed by atoms with E-state index in [1.54, 1.807) is 30.5 Å². The molecule has 0 aliphatic heterocycles. The molecule has 2 aromatic heterocycles. The Labute approximate surface area is 199 Å². The molecular formula is C22H29N7O4S. The summed E-state index contributed by atoms with van der Waals surface area (Å²) in [5.74, 6) is 0.395. The van der Waals surface area contributed by atoms with Gasteiger partial charge in [-0.05, 0) is 39.0 Å². The molecule has 182 valence electrons. The van der Waals surface area contributed by atoms with Gasteiger partial charge in [-0.15, -0.1) is 0 Å². The van der Waals surface area contributed by atoms with Crippen LogP contribution < -0.4 is 15.4 Å².